The summed E-state index contributed by atoms with van der Waals surface area (Å²) < 4.78 is 18.5. The number of nitrogens with two attached hydrogens (primary N) is 1. The Morgan fingerprint density at radius 2 is 2.00 bits per heavy atom. The van der Waals surface area contributed by atoms with Gasteiger partial charge < -0.3 is 10.5 Å². The second-order valence-electron chi connectivity index (χ2n) is 4.01. The molecular formula is C14H10Cl2FNO2. The van der Waals surface area contributed by atoms with Gasteiger partial charge in [0.1, 0.15) is 12.4 Å². The van der Waals surface area contributed by atoms with Crippen LogP contribution in [0.3, 0.4) is 0 Å². The van der Waals surface area contributed by atoms with Crippen LogP contribution in [-0.4, -0.2) is 5.97 Å². The van der Waals surface area contributed by atoms with Crippen molar-refractivity contribution in [3.05, 3.63) is 63.4 Å². The van der Waals surface area contributed by atoms with Crippen LogP contribution in [0.2, 0.25) is 10.0 Å². The van der Waals surface area contributed by atoms with Gasteiger partial charge in [-0.3, -0.25) is 0 Å². The maximum absolute atomic E-state index is 13.5. The van der Waals surface area contributed by atoms with E-state index in [1.165, 1.54) is 18.2 Å². The normalized spacial score (nSPS) is 10.3. The minimum Gasteiger partial charge on any atom is -0.457 e. The summed E-state index contributed by atoms with van der Waals surface area (Å²) in [5.41, 5.74) is 6.18. The number of hydrogen-bond donors (Lipinski definition) is 1. The molecular weight excluding hydrogens is 304 g/mol. The standard InChI is InChI=1S/C14H10Cl2FNO2/c15-9-5-4-8(12(17)6-9)7-20-14(19)10-2-1-3-11(16)13(10)18/h1-6H,7,18H2. The lowest BCUT2D eigenvalue weighted by molar-refractivity contribution is 0.0470. The number of ether oxygens (including phenoxy) is 1. The minimum atomic E-state index is -0.667. The van der Waals surface area contributed by atoms with E-state index < -0.39 is 11.8 Å². The number of esters is 1. The van der Waals surface area contributed by atoms with Crippen LogP contribution >= 0.6 is 23.2 Å². The second kappa shape index (κ2) is 6.11. The summed E-state index contributed by atoms with van der Waals surface area (Å²) in [6.07, 6.45) is 0. The largest absolute Gasteiger partial charge is 0.457 e. The van der Waals surface area contributed by atoms with Gasteiger partial charge in [0.2, 0.25) is 0 Å². The van der Waals surface area contributed by atoms with Crippen LogP contribution < -0.4 is 5.73 Å². The van der Waals surface area contributed by atoms with Crippen molar-refractivity contribution < 1.29 is 13.9 Å². The highest BCUT2D eigenvalue weighted by Crippen LogP contribution is 2.23. The number of anilines is 1. The zero-order valence-corrected chi connectivity index (χ0v) is 11.7. The molecule has 2 aromatic rings. The zero-order valence-electron chi connectivity index (χ0n) is 10.2. The van der Waals surface area contributed by atoms with Gasteiger partial charge in [0.15, 0.2) is 0 Å². The first-order valence-electron chi connectivity index (χ1n) is 5.64. The molecule has 2 aromatic carbocycles. The van der Waals surface area contributed by atoms with Gasteiger partial charge in [-0.1, -0.05) is 35.3 Å². The van der Waals surface area contributed by atoms with E-state index >= 15 is 0 Å². The highest BCUT2D eigenvalue weighted by molar-refractivity contribution is 6.33. The number of hydrogen-bond acceptors (Lipinski definition) is 3. The third-order valence-corrected chi connectivity index (χ3v) is 3.21. The predicted octanol–water partition coefficient (Wildman–Crippen LogP) is 4.07. The van der Waals surface area contributed by atoms with Crippen LogP contribution in [0.15, 0.2) is 36.4 Å². The smallest absolute Gasteiger partial charge is 0.340 e. The van der Waals surface area contributed by atoms with Crippen molar-refractivity contribution in [3.63, 3.8) is 0 Å². The zero-order chi connectivity index (χ0) is 14.7. The van der Waals surface area contributed by atoms with Crippen molar-refractivity contribution in [1.29, 1.82) is 0 Å². The molecule has 2 N–H and O–H groups in total. The van der Waals surface area contributed by atoms with E-state index in [1.54, 1.807) is 12.1 Å². The molecule has 0 amide bonds. The molecule has 104 valence electrons. The molecule has 0 heterocycles. The molecule has 0 spiro atoms. The van der Waals surface area contributed by atoms with Crippen molar-refractivity contribution in [2.24, 2.45) is 0 Å². The summed E-state index contributed by atoms with van der Waals surface area (Å²) >= 11 is 11.4. The van der Waals surface area contributed by atoms with Gasteiger partial charge in [-0.15, -0.1) is 0 Å². The summed E-state index contributed by atoms with van der Waals surface area (Å²) in [5.74, 6) is -1.20. The highest BCUT2D eigenvalue weighted by Gasteiger charge is 2.14. The maximum atomic E-state index is 13.5. The van der Waals surface area contributed by atoms with Gasteiger partial charge in [-0.2, -0.15) is 0 Å². The Balaban J connectivity index is 2.11. The molecule has 0 aliphatic heterocycles. The van der Waals surface area contributed by atoms with E-state index in [1.807, 2.05) is 0 Å². The molecule has 2 rings (SSSR count). The molecule has 0 radical (unpaired) electrons. The van der Waals surface area contributed by atoms with Crippen LogP contribution in [0, 0.1) is 5.82 Å². The molecule has 0 atom stereocenters. The Bertz CT molecular complexity index is 662. The first-order valence-corrected chi connectivity index (χ1v) is 6.39. The Morgan fingerprint density at radius 3 is 2.70 bits per heavy atom. The van der Waals surface area contributed by atoms with E-state index in [4.69, 9.17) is 33.7 Å². The van der Waals surface area contributed by atoms with Crippen molar-refractivity contribution in [3.8, 4) is 0 Å². The van der Waals surface area contributed by atoms with Crippen molar-refractivity contribution >= 4 is 34.9 Å². The molecule has 0 aromatic heterocycles. The fourth-order valence-electron chi connectivity index (χ4n) is 1.57. The van der Waals surface area contributed by atoms with E-state index in [0.717, 1.165) is 6.07 Å². The number of halogens is 3. The van der Waals surface area contributed by atoms with Gasteiger partial charge in [0, 0.05) is 10.6 Å². The lowest BCUT2D eigenvalue weighted by Gasteiger charge is -2.08. The Morgan fingerprint density at radius 1 is 1.25 bits per heavy atom. The number of carbonyl (C=O) groups excluding carboxylic acids is 1. The molecule has 0 unspecified atom stereocenters. The van der Waals surface area contributed by atoms with Crippen molar-refractivity contribution in [1.82, 2.24) is 0 Å². The fraction of sp³-hybridized carbons (Fsp3) is 0.0714. The number of benzene rings is 2. The van der Waals surface area contributed by atoms with Gasteiger partial charge in [0.05, 0.1) is 16.3 Å². The Hall–Kier alpha value is -1.78. The van der Waals surface area contributed by atoms with Crippen molar-refractivity contribution in [2.75, 3.05) is 5.73 Å². The summed E-state index contributed by atoms with van der Waals surface area (Å²) in [6, 6.07) is 8.75. The highest BCUT2D eigenvalue weighted by atomic mass is 35.5. The number of rotatable bonds is 3. The van der Waals surface area contributed by atoms with E-state index in [9.17, 15) is 9.18 Å². The summed E-state index contributed by atoms with van der Waals surface area (Å²) in [7, 11) is 0. The summed E-state index contributed by atoms with van der Waals surface area (Å²) in [6.45, 7) is -0.214. The molecule has 0 fully saturated rings. The number of para-hydroxylation sites is 1. The van der Waals surface area contributed by atoms with Crippen molar-refractivity contribution in [2.45, 2.75) is 6.61 Å². The van der Waals surface area contributed by atoms with Gasteiger partial charge in [-0.25, -0.2) is 9.18 Å². The lowest BCUT2D eigenvalue weighted by Crippen LogP contribution is -2.09. The molecule has 0 aliphatic carbocycles. The number of nitrogen functional groups attached to an aromatic ring is 1. The van der Waals surface area contributed by atoms with E-state index in [2.05, 4.69) is 0 Å². The van der Waals surface area contributed by atoms with Crippen LogP contribution in [-0.2, 0) is 11.3 Å². The van der Waals surface area contributed by atoms with Gasteiger partial charge in [-0.05, 0) is 24.3 Å². The molecule has 0 saturated carbocycles. The third kappa shape index (κ3) is 3.21. The SMILES string of the molecule is Nc1c(Cl)cccc1C(=O)OCc1ccc(Cl)cc1F. The monoisotopic (exact) mass is 313 g/mol. The average Bonchev–Trinajstić information content (AvgIpc) is 2.40. The molecule has 3 nitrogen and oxygen atoms in total. The molecule has 0 saturated heterocycles. The number of carbonyl (C=O) groups is 1. The molecule has 6 heteroatoms. The van der Waals surface area contributed by atoms with Gasteiger partial charge >= 0.3 is 5.97 Å². The van der Waals surface area contributed by atoms with E-state index in [-0.39, 0.29) is 33.5 Å². The average molecular weight is 314 g/mol. The maximum Gasteiger partial charge on any atom is 0.340 e. The molecule has 20 heavy (non-hydrogen) atoms. The van der Waals surface area contributed by atoms with Crippen LogP contribution in [0.1, 0.15) is 15.9 Å². The van der Waals surface area contributed by atoms with Gasteiger partial charge in [0.25, 0.3) is 0 Å². The van der Waals surface area contributed by atoms with Crippen LogP contribution in [0.25, 0.3) is 0 Å². The lowest BCUT2D eigenvalue weighted by atomic mass is 10.2. The van der Waals surface area contributed by atoms with E-state index in [0.29, 0.717) is 0 Å². The predicted molar refractivity (Wildman–Crippen MR) is 76.4 cm³/mol. The second-order valence-corrected chi connectivity index (χ2v) is 4.86. The Labute approximate surface area is 125 Å². The first-order chi connectivity index (χ1) is 9.49. The fourth-order valence-corrected chi connectivity index (χ4v) is 1.91. The Kier molecular flexibility index (Phi) is 4.47. The molecule has 0 aliphatic rings. The third-order valence-electron chi connectivity index (χ3n) is 2.65. The topological polar surface area (TPSA) is 52.3 Å². The summed E-state index contributed by atoms with van der Waals surface area (Å²) in [5, 5.41) is 0.536. The minimum absolute atomic E-state index is 0.135. The molecule has 0 bridgehead atoms. The van der Waals surface area contributed by atoms with Crippen LogP contribution in [0.5, 0.6) is 0 Å². The summed E-state index contributed by atoms with van der Waals surface area (Å²) in [4.78, 5) is 11.9. The quantitative estimate of drug-likeness (QED) is 0.686. The first kappa shape index (κ1) is 14.6. The van der Waals surface area contributed by atoms with Crippen LogP contribution in [0.4, 0.5) is 10.1 Å².